The van der Waals surface area contributed by atoms with Gasteiger partial charge in [-0.05, 0) is 11.1 Å². The zero-order chi connectivity index (χ0) is 18.4. The molecule has 2 unspecified atom stereocenters. The number of rotatable bonds is 6. The lowest BCUT2D eigenvalue weighted by atomic mass is 10.1. The number of hydrogen-bond donors (Lipinski definition) is 0. The molecule has 2 aromatic carbocycles. The molecule has 5 nitrogen and oxygen atoms in total. The second-order valence-electron chi connectivity index (χ2n) is 6.43. The first-order valence-corrected chi connectivity index (χ1v) is 8.68. The van der Waals surface area contributed by atoms with Crippen LogP contribution in [0.1, 0.15) is 24.5 Å². The molecule has 1 saturated heterocycles. The lowest BCUT2D eigenvalue weighted by Gasteiger charge is -2.29. The van der Waals surface area contributed by atoms with Gasteiger partial charge in [0.05, 0.1) is 19.4 Å². The molecule has 0 aliphatic carbocycles. The first-order valence-electron chi connectivity index (χ1n) is 8.68. The fourth-order valence-corrected chi connectivity index (χ4v) is 2.97. The molecule has 2 atom stereocenters. The third-order valence-corrected chi connectivity index (χ3v) is 4.33. The summed E-state index contributed by atoms with van der Waals surface area (Å²) in [7, 11) is 0. The molecule has 0 radical (unpaired) electrons. The number of benzene rings is 2. The predicted octanol–water partition coefficient (Wildman–Crippen LogP) is 3.06. The summed E-state index contributed by atoms with van der Waals surface area (Å²) in [4.78, 5) is 24.5. The molecule has 0 spiro atoms. The van der Waals surface area contributed by atoms with Crippen LogP contribution < -0.4 is 0 Å². The first-order chi connectivity index (χ1) is 12.5. The van der Waals surface area contributed by atoms with E-state index in [0.717, 1.165) is 11.1 Å². The van der Waals surface area contributed by atoms with Gasteiger partial charge >= 0.3 is 11.9 Å². The van der Waals surface area contributed by atoms with Crippen molar-refractivity contribution in [3.63, 3.8) is 0 Å². The maximum atomic E-state index is 12.3. The Balaban J connectivity index is 1.57. The zero-order valence-corrected chi connectivity index (χ0v) is 14.7. The van der Waals surface area contributed by atoms with Crippen LogP contribution in [-0.4, -0.2) is 30.4 Å². The highest BCUT2D eigenvalue weighted by Crippen LogP contribution is 2.30. The van der Waals surface area contributed by atoms with Crippen LogP contribution in [0.4, 0.5) is 0 Å². The Kier molecular flexibility index (Phi) is 5.68. The van der Waals surface area contributed by atoms with Crippen molar-refractivity contribution in [1.82, 2.24) is 0 Å². The lowest BCUT2D eigenvalue weighted by Crippen LogP contribution is -2.43. The van der Waals surface area contributed by atoms with E-state index < -0.39 is 17.9 Å². The van der Waals surface area contributed by atoms with Gasteiger partial charge in [-0.15, -0.1) is 0 Å². The second kappa shape index (κ2) is 8.15. The van der Waals surface area contributed by atoms with Crippen LogP contribution in [0.5, 0.6) is 0 Å². The van der Waals surface area contributed by atoms with Crippen molar-refractivity contribution in [2.24, 2.45) is 0 Å². The van der Waals surface area contributed by atoms with Gasteiger partial charge in [0.1, 0.15) is 0 Å². The van der Waals surface area contributed by atoms with Gasteiger partial charge in [0, 0.05) is 13.3 Å². The van der Waals surface area contributed by atoms with Crippen LogP contribution in [0.25, 0.3) is 0 Å². The fourth-order valence-electron chi connectivity index (χ4n) is 2.97. The molecule has 0 N–H and O–H groups in total. The molecule has 26 heavy (non-hydrogen) atoms. The number of carbonyl (C=O) groups excluding carboxylic acids is 2. The van der Waals surface area contributed by atoms with Crippen molar-refractivity contribution >= 4 is 11.9 Å². The van der Waals surface area contributed by atoms with E-state index in [1.165, 1.54) is 0 Å². The normalized spacial score (nSPS) is 22.0. The average molecular weight is 354 g/mol. The first kappa shape index (κ1) is 18.1. The van der Waals surface area contributed by atoms with Crippen molar-refractivity contribution in [2.75, 3.05) is 6.61 Å². The maximum absolute atomic E-state index is 12.3. The Labute approximate surface area is 152 Å². The van der Waals surface area contributed by atoms with Crippen LogP contribution in [-0.2, 0) is 36.6 Å². The highest BCUT2D eigenvalue weighted by molar-refractivity contribution is 5.74. The predicted molar refractivity (Wildman–Crippen MR) is 95.2 cm³/mol. The summed E-state index contributed by atoms with van der Waals surface area (Å²) in [5, 5.41) is 0. The van der Waals surface area contributed by atoms with Crippen LogP contribution in [0, 0.1) is 0 Å². The highest BCUT2D eigenvalue weighted by Gasteiger charge is 2.46. The summed E-state index contributed by atoms with van der Waals surface area (Å²) in [6, 6.07) is 18.7. The second-order valence-corrected chi connectivity index (χ2v) is 6.43. The summed E-state index contributed by atoms with van der Waals surface area (Å²) < 4.78 is 16.7. The van der Waals surface area contributed by atoms with Gasteiger partial charge in [-0.1, -0.05) is 60.7 Å². The minimum absolute atomic E-state index is 0.143. The summed E-state index contributed by atoms with van der Waals surface area (Å²) in [6.45, 7) is 2.02. The quantitative estimate of drug-likeness (QED) is 0.746. The Morgan fingerprint density at radius 1 is 0.962 bits per heavy atom. The van der Waals surface area contributed by atoms with E-state index in [1.807, 2.05) is 60.7 Å². The van der Waals surface area contributed by atoms with Gasteiger partial charge in [0.25, 0.3) is 0 Å². The Morgan fingerprint density at radius 2 is 1.50 bits per heavy atom. The molecule has 0 saturated carbocycles. The van der Waals surface area contributed by atoms with Gasteiger partial charge in [0.2, 0.25) is 5.79 Å². The van der Waals surface area contributed by atoms with Crippen LogP contribution in [0.2, 0.25) is 0 Å². The number of carbonyl (C=O) groups is 2. The largest absolute Gasteiger partial charge is 0.455 e. The molecular weight excluding hydrogens is 332 g/mol. The summed E-state index contributed by atoms with van der Waals surface area (Å²) in [5.74, 6) is -2.03. The van der Waals surface area contributed by atoms with Crippen LogP contribution in [0.15, 0.2) is 60.7 Å². The minimum atomic E-state index is -1.25. The van der Waals surface area contributed by atoms with Gasteiger partial charge in [0.15, 0.2) is 6.10 Å². The SMILES string of the molecule is CC1(OC(=O)Cc2ccccc2)OCCC1OC(=O)Cc1ccccc1. The third-order valence-electron chi connectivity index (χ3n) is 4.33. The van der Waals surface area contributed by atoms with Gasteiger partial charge < -0.3 is 14.2 Å². The van der Waals surface area contributed by atoms with Crippen molar-refractivity contribution in [2.45, 2.75) is 38.1 Å². The molecule has 1 heterocycles. The number of hydrogen-bond acceptors (Lipinski definition) is 5. The molecule has 0 bridgehead atoms. The van der Waals surface area contributed by atoms with E-state index in [0.29, 0.717) is 13.0 Å². The van der Waals surface area contributed by atoms with E-state index in [2.05, 4.69) is 0 Å². The van der Waals surface area contributed by atoms with Crippen LogP contribution in [0.3, 0.4) is 0 Å². The molecule has 5 heteroatoms. The summed E-state index contributed by atoms with van der Waals surface area (Å²) >= 11 is 0. The lowest BCUT2D eigenvalue weighted by molar-refractivity contribution is -0.235. The molecule has 0 amide bonds. The van der Waals surface area contributed by atoms with Crippen LogP contribution >= 0.6 is 0 Å². The molecule has 1 aliphatic heterocycles. The topological polar surface area (TPSA) is 61.8 Å². The Bertz CT molecular complexity index is 744. The smallest absolute Gasteiger partial charge is 0.312 e. The third kappa shape index (κ3) is 4.70. The molecular formula is C21H22O5. The summed E-state index contributed by atoms with van der Waals surface area (Å²) in [5.41, 5.74) is 1.73. The van der Waals surface area contributed by atoms with Crippen molar-refractivity contribution < 1.29 is 23.8 Å². The molecule has 0 aromatic heterocycles. The molecule has 2 aromatic rings. The number of esters is 2. The van der Waals surface area contributed by atoms with E-state index in [-0.39, 0.29) is 18.8 Å². The van der Waals surface area contributed by atoms with Crippen molar-refractivity contribution in [1.29, 1.82) is 0 Å². The Morgan fingerprint density at radius 3 is 2.08 bits per heavy atom. The standard InChI is InChI=1S/C21H22O5/c1-21(26-20(23)15-17-10-6-3-7-11-17)18(12-13-24-21)25-19(22)14-16-8-4-2-5-9-16/h2-11,18H,12-15H2,1H3. The van der Waals surface area contributed by atoms with Gasteiger partial charge in [-0.25, -0.2) is 0 Å². The van der Waals surface area contributed by atoms with E-state index >= 15 is 0 Å². The molecule has 136 valence electrons. The van der Waals surface area contributed by atoms with Crippen molar-refractivity contribution in [3.8, 4) is 0 Å². The van der Waals surface area contributed by atoms with E-state index in [4.69, 9.17) is 14.2 Å². The van der Waals surface area contributed by atoms with Gasteiger partial charge in [-0.2, -0.15) is 0 Å². The fraction of sp³-hybridized carbons (Fsp3) is 0.333. The van der Waals surface area contributed by atoms with Crippen molar-refractivity contribution in [3.05, 3.63) is 71.8 Å². The minimum Gasteiger partial charge on any atom is -0.455 e. The van der Waals surface area contributed by atoms with Gasteiger partial charge in [-0.3, -0.25) is 9.59 Å². The summed E-state index contributed by atoms with van der Waals surface area (Å²) in [6.07, 6.45) is 0.198. The molecule has 1 fully saturated rings. The van der Waals surface area contributed by atoms with E-state index in [9.17, 15) is 9.59 Å². The average Bonchev–Trinajstić information content (AvgIpc) is 2.96. The molecule has 1 aliphatic rings. The molecule has 3 rings (SSSR count). The number of ether oxygens (including phenoxy) is 3. The highest BCUT2D eigenvalue weighted by atomic mass is 16.7. The Hall–Kier alpha value is -2.66. The van der Waals surface area contributed by atoms with E-state index in [1.54, 1.807) is 6.92 Å². The maximum Gasteiger partial charge on any atom is 0.312 e. The zero-order valence-electron chi connectivity index (χ0n) is 14.7. The monoisotopic (exact) mass is 354 g/mol.